The van der Waals surface area contributed by atoms with Crippen molar-refractivity contribution < 1.29 is 10.2 Å². The van der Waals surface area contributed by atoms with Crippen molar-refractivity contribution in [2.24, 2.45) is 0 Å². The Morgan fingerprint density at radius 2 is 2.00 bits per heavy atom. The van der Waals surface area contributed by atoms with E-state index in [-0.39, 0.29) is 0 Å². The lowest BCUT2D eigenvalue weighted by atomic mass is 10.5. The zero-order valence-corrected chi connectivity index (χ0v) is 7.15. The predicted octanol–water partition coefficient (Wildman–Crippen LogP) is -0.949. The molecule has 1 aliphatic heterocycles. The smallest absolute Gasteiger partial charge is 0.151 e. The lowest BCUT2D eigenvalue weighted by molar-refractivity contribution is -0.0429. The van der Waals surface area contributed by atoms with Crippen molar-refractivity contribution in [2.75, 3.05) is 20.4 Å². The summed E-state index contributed by atoms with van der Waals surface area (Å²) in [6, 6.07) is 0. The van der Waals surface area contributed by atoms with Crippen LogP contribution in [0.5, 0.6) is 0 Å². The quantitative estimate of drug-likeness (QED) is 0.491. The van der Waals surface area contributed by atoms with E-state index in [1.165, 1.54) is 0 Å². The fourth-order valence-electron chi connectivity index (χ4n) is 0.999. The average Bonchev–Trinajstić information content (AvgIpc) is 2.17. The molecule has 1 fully saturated rings. The van der Waals surface area contributed by atoms with Crippen molar-refractivity contribution >= 4 is 8.73 Å². The van der Waals surface area contributed by atoms with Gasteiger partial charge in [-0.2, -0.15) is 0 Å². The van der Waals surface area contributed by atoms with Gasteiger partial charge in [0.15, 0.2) is 6.23 Å². The molecule has 0 bridgehead atoms. The van der Waals surface area contributed by atoms with E-state index < -0.39 is 12.5 Å². The van der Waals surface area contributed by atoms with Crippen LogP contribution in [0.3, 0.4) is 0 Å². The van der Waals surface area contributed by atoms with Crippen molar-refractivity contribution in [1.29, 1.82) is 0 Å². The highest BCUT2D eigenvalue weighted by molar-refractivity contribution is 7.34. The lowest BCUT2D eigenvalue weighted by Crippen LogP contribution is -2.33. The molecule has 0 radical (unpaired) electrons. The SMILES string of the molecule is CPN1CN(C)C(O)[C@@H]1O. The van der Waals surface area contributed by atoms with Crippen LogP contribution in [0.2, 0.25) is 0 Å². The fourth-order valence-corrected chi connectivity index (χ4v) is 1.76. The molecule has 5 heteroatoms. The number of hydrogen-bond acceptors (Lipinski definition) is 4. The second kappa shape index (κ2) is 3.11. The first kappa shape index (κ1) is 8.37. The number of aliphatic hydroxyl groups is 2. The van der Waals surface area contributed by atoms with Gasteiger partial charge in [0.2, 0.25) is 0 Å². The molecule has 1 rings (SSSR count). The Bertz CT molecular complexity index is 124. The van der Waals surface area contributed by atoms with E-state index >= 15 is 0 Å². The second-order valence-corrected chi connectivity index (χ2v) is 3.44. The molecule has 0 aliphatic carbocycles. The predicted molar refractivity (Wildman–Crippen MR) is 40.7 cm³/mol. The van der Waals surface area contributed by atoms with Gasteiger partial charge in [0.05, 0.1) is 6.67 Å². The topological polar surface area (TPSA) is 46.9 Å². The first-order chi connectivity index (χ1) is 4.66. The maximum absolute atomic E-state index is 9.27. The Hall–Kier alpha value is 0.270. The van der Waals surface area contributed by atoms with Crippen LogP contribution in [0.15, 0.2) is 0 Å². The molecule has 0 aromatic heterocycles. The summed E-state index contributed by atoms with van der Waals surface area (Å²) in [6.07, 6.45) is -1.42. The lowest BCUT2D eigenvalue weighted by Gasteiger charge is -2.16. The second-order valence-electron chi connectivity index (χ2n) is 2.42. The van der Waals surface area contributed by atoms with Crippen LogP contribution < -0.4 is 0 Å². The van der Waals surface area contributed by atoms with Gasteiger partial charge >= 0.3 is 0 Å². The maximum atomic E-state index is 9.27. The first-order valence-corrected chi connectivity index (χ1v) is 4.62. The van der Waals surface area contributed by atoms with E-state index in [2.05, 4.69) is 0 Å². The minimum Gasteiger partial charge on any atom is -0.374 e. The van der Waals surface area contributed by atoms with Crippen molar-refractivity contribution in [1.82, 2.24) is 9.57 Å². The molecule has 0 aromatic carbocycles. The maximum Gasteiger partial charge on any atom is 0.151 e. The van der Waals surface area contributed by atoms with E-state index in [4.69, 9.17) is 0 Å². The van der Waals surface area contributed by atoms with Gasteiger partial charge in [-0.3, -0.25) is 4.90 Å². The molecular formula is C5H13N2O2P. The standard InChI is InChI=1S/C5H13N2O2P/c1-6-3-7(10-2)5(9)4(6)8/h4-5,8-10H,3H2,1-2H3/t4?,5-/m0/s1. The Labute approximate surface area is 62.3 Å². The summed E-state index contributed by atoms with van der Waals surface area (Å²) in [6.45, 7) is 2.63. The molecule has 60 valence electrons. The van der Waals surface area contributed by atoms with Gasteiger partial charge in [0, 0.05) is 0 Å². The average molecular weight is 164 g/mol. The van der Waals surface area contributed by atoms with Crippen molar-refractivity contribution in [3.63, 3.8) is 0 Å². The number of rotatable bonds is 1. The Morgan fingerprint density at radius 3 is 2.20 bits per heavy atom. The van der Waals surface area contributed by atoms with Crippen LogP contribution >= 0.6 is 8.73 Å². The molecule has 2 unspecified atom stereocenters. The van der Waals surface area contributed by atoms with Gasteiger partial charge in [-0.05, 0) is 22.4 Å². The number of likely N-dealkylation sites (N-methyl/N-ethyl adjacent to an activating group) is 1. The molecule has 2 N–H and O–H groups in total. The third kappa shape index (κ3) is 1.31. The monoisotopic (exact) mass is 164 g/mol. The molecule has 0 spiro atoms. The summed E-state index contributed by atoms with van der Waals surface area (Å²) < 4.78 is 1.82. The molecule has 0 saturated carbocycles. The number of aliphatic hydroxyl groups excluding tert-OH is 2. The number of hydrogen-bond donors (Lipinski definition) is 2. The molecule has 0 aromatic rings. The third-order valence-electron chi connectivity index (χ3n) is 1.70. The van der Waals surface area contributed by atoms with Crippen molar-refractivity contribution in [2.45, 2.75) is 12.5 Å². The Balaban J connectivity index is 2.53. The molecule has 0 amide bonds. The molecule has 1 saturated heterocycles. The van der Waals surface area contributed by atoms with Gasteiger partial charge in [-0.1, -0.05) is 0 Å². The van der Waals surface area contributed by atoms with Gasteiger partial charge in [0.25, 0.3) is 0 Å². The van der Waals surface area contributed by atoms with Crippen molar-refractivity contribution in [3.05, 3.63) is 0 Å². The highest BCUT2D eigenvalue weighted by atomic mass is 31.1. The summed E-state index contributed by atoms with van der Waals surface area (Å²) in [5.74, 6) is 0. The first-order valence-electron chi connectivity index (χ1n) is 3.17. The van der Waals surface area contributed by atoms with E-state index in [0.29, 0.717) is 15.4 Å². The summed E-state index contributed by atoms with van der Waals surface area (Å²) in [7, 11) is 2.33. The Kier molecular flexibility index (Phi) is 2.61. The largest absolute Gasteiger partial charge is 0.374 e. The summed E-state index contributed by atoms with van der Waals surface area (Å²) in [5, 5.41) is 18.5. The van der Waals surface area contributed by atoms with Gasteiger partial charge in [0.1, 0.15) is 6.23 Å². The molecule has 1 heterocycles. The summed E-state index contributed by atoms with van der Waals surface area (Å²) in [5.41, 5.74) is 0. The molecule has 4 nitrogen and oxygen atoms in total. The highest BCUT2D eigenvalue weighted by Crippen LogP contribution is 2.24. The summed E-state index contributed by atoms with van der Waals surface area (Å²) >= 11 is 0. The van der Waals surface area contributed by atoms with Crippen LogP contribution in [0.1, 0.15) is 0 Å². The van der Waals surface area contributed by atoms with E-state index in [0.717, 1.165) is 0 Å². The highest BCUT2D eigenvalue weighted by Gasteiger charge is 2.34. The van der Waals surface area contributed by atoms with Crippen LogP contribution in [0.25, 0.3) is 0 Å². The fraction of sp³-hybridized carbons (Fsp3) is 1.00. The van der Waals surface area contributed by atoms with Crippen LogP contribution in [-0.4, -0.2) is 52.6 Å². The number of nitrogens with zero attached hydrogens (tertiary/aromatic N) is 2. The van der Waals surface area contributed by atoms with Crippen LogP contribution in [-0.2, 0) is 0 Å². The normalized spacial score (nSPS) is 38.4. The molecular weight excluding hydrogens is 151 g/mol. The molecule has 10 heavy (non-hydrogen) atoms. The minimum absolute atomic E-state index is 0.545. The molecule has 1 aliphatic rings. The van der Waals surface area contributed by atoms with E-state index in [1.54, 1.807) is 11.9 Å². The van der Waals surface area contributed by atoms with Gasteiger partial charge in [-0.15, -0.1) is 0 Å². The van der Waals surface area contributed by atoms with E-state index in [1.807, 2.05) is 11.3 Å². The Morgan fingerprint density at radius 1 is 1.40 bits per heavy atom. The van der Waals surface area contributed by atoms with Gasteiger partial charge < -0.3 is 10.2 Å². The van der Waals surface area contributed by atoms with Crippen LogP contribution in [0.4, 0.5) is 0 Å². The van der Waals surface area contributed by atoms with E-state index in [9.17, 15) is 10.2 Å². The van der Waals surface area contributed by atoms with Crippen molar-refractivity contribution in [3.8, 4) is 0 Å². The van der Waals surface area contributed by atoms with Gasteiger partial charge in [-0.25, -0.2) is 4.67 Å². The van der Waals surface area contributed by atoms with Crippen LogP contribution in [0, 0.1) is 0 Å². The molecule has 3 atom stereocenters. The summed E-state index contributed by atoms with van der Waals surface area (Å²) in [4.78, 5) is 1.71. The zero-order valence-electron chi connectivity index (χ0n) is 6.15. The zero-order chi connectivity index (χ0) is 7.72. The minimum atomic E-state index is -0.715. The third-order valence-corrected chi connectivity index (χ3v) is 2.68.